The van der Waals surface area contributed by atoms with Gasteiger partial charge in [-0.05, 0) is 124 Å². The first-order valence-electron chi connectivity index (χ1n) is 18.5. The molecule has 4 fully saturated rings. The molecule has 4 aliphatic rings. The number of ether oxygens (including phenoxy) is 7. The summed E-state index contributed by atoms with van der Waals surface area (Å²) >= 11 is 5.37. The lowest BCUT2D eigenvalue weighted by Gasteiger charge is -2.30. The molecule has 3 saturated heterocycles. The van der Waals surface area contributed by atoms with Crippen molar-refractivity contribution in [3.63, 3.8) is 0 Å². The van der Waals surface area contributed by atoms with Gasteiger partial charge in [0.05, 0.1) is 22.1 Å². The van der Waals surface area contributed by atoms with Crippen molar-refractivity contribution in [2.45, 2.75) is 140 Å². The Balaban J connectivity index is 1.20. The van der Waals surface area contributed by atoms with Crippen molar-refractivity contribution < 1.29 is 38.0 Å². The molecule has 0 N–H and O–H groups in total. The summed E-state index contributed by atoms with van der Waals surface area (Å²) in [5.41, 5.74) is 0. The van der Waals surface area contributed by atoms with Crippen molar-refractivity contribution in [1.29, 1.82) is 0 Å². The van der Waals surface area contributed by atoms with Crippen LogP contribution in [-0.2, 0) is 44.4 Å². The molecular formula is C38H57BrO8S. The molecule has 8 nitrogen and oxygen atoms in total. The monoisotopic (exact) mass is 752 g/mol. The van der Waals surface area contributed by atoms with E-state index in [2.05, 4.69) is 52.4 Å². The van der Waals surface area contributed by atoms with Gasteiger partial charge in [-0.1, -0.05) is 24.3 Å². The van der Waals surface area contributed by atoms with E-state index in [1.165, 1.54) is 4.88 Å². The summed E-state index contributed by atoms with van der Waals surface area (Å²) in [6, 6.07) is 4.30. The standard InChI is InChI=1S/C38H57BrO8S/c1-41-29(17-19-30-20-22-35(39)48-30)18-21-32-31(13-5-3-2-4-12-28(40)27-45-36-14-6-9-23-42-36)33(46-37-15-7-10-24-43-37)26-34(32)47-38-16-8-11-25-44-38/h3,5,18,20-22,29,31-34,36-38H,2,4,6-17,19,23-27H2,1H3/b5-3-,21-18+/t29-,31+,32+,33-,34+,36?,37?,38?/m0/s1. The van der Waals surface area contributed by atoms with E-state index >= 15 is 0 Å². The Bertz CT molecular complexity index is 1110. The third-order valence-corrected chi connectivity index (χ3v) is 11.6. The van der Waals surface area contributed by atoms with Crippen LogP contribution in [0.25, 0.3) is 0 Å². The quantitative estimate of drug-likeness (QED) is 0.103. The number of unbranched alkanes of at least 4 members (excludes halogenated alkanes) is 1. The largest absolute Gasteiger partial charge is 0.377 e. The van der Waals surface area contributed by atoms with E-state index in [9.17, 15) is 4.79 Å². The lowest BCUT2D eigenvalue weighted by atomic mass is 9.89. The molecule has 0 aromatic carbocycles. The molecule has 3 unspecified atom stereocenters. The van der Waals surface area contributed by atoms with E-state index in [-0.39, 0.29) is 61.4 Å². The van der Waals surface area contributed by atoms with Gasteiger partial charge >= 0.3 is 0 Å². The van der Waals surface area contributed by atoms with Crippen LogP contribution in [-0.4, -0.2) is 76.5 Å². The lowest BCUT2D eigenvalue weighted by Crippen LogP contribution is -2.31. The van der Waals surface area contributed by atoms with Gasteiger partial charge in [0, 0.05) is 50.6 Å². The Morgan fingerprint density at radius 2 is 1.62 bits per heavy atom. The van der Waals surface area contributed by atoms with Crippen LogP contribution in [0.1, 0.15) is 101 Å². The summed E-state index contributed by atoms with van der Waals surface area (Å²) in [6.07, 6.45) is 23.7. The predicted molar refractivity (Wildman–Crippen MR) is 191 cm³/mol. The van der Waals surface area contributed by atoms with E-state index in [4.69, 9.17) is 33.2 Å². The van der Waals surface area contributed by atoms with Crippen LogP contribution in [0.4, 0.5) is 0 Å². The van der Waals surface area contributed by atoms with Crippen molar-refractivity contribution in [3.05, 3.63) is 45.1 Å². The highest BCUT2D eigenvalue weighted by molar-refractivity contribution is 9.11. The number of carbonyl (C=O) groups is 1. The first-order valence-corrected chi connectivity index (χ1v) is 20.1. The zero-order valence-corrected chi connectivity index (χ0v) is 31.2. The van der Waals surface area contributed by atoms with Gasteiger partial charge in [0.1, 0.15) is 6.61 Å². The van der Waals surface area contributed by atoms with Crippen LogP contribution in [0.15, 0.2) is 40.2 Å². The first-order chi connectivity index (χ1) is 23.6. The number of allylic oxidation sites excluding steroid dienone is 2. The van der Waals surface area contributed by atoms with Crippen molar-refractivity contribution >= 4 is 33.0 Å². The molecule has 0 spiro atoms. The van der Waals surface area contributed by atoms with E-state index in [0.717, 1.165) is 120 Å². The fourth-order valence-corrected chi connectivity index (χ4v) is 8.69. The van der Waals surface area contributed by atoms with Crippen LogP contribution in [0.3, 0.4) is 0 Å². The van der Waals surface area contributed by atoms with Gasteiger partial charge in [0.15, 0.2) is 24.7 Å². The fourth-order valence-electron chi connectivity index (χ4n) is 7.19. The number of thiophene rings is 1. The van der Waals surface area contributed by atoms with Crippen LogP contribution in [0.2, 0.25) is 0 Å². The molecule has 5 rings (SSSR count). The molecule has 0 bridgehead atoms. The van der Waals surface area contributed by atoms with E-state index < -0.39 is 0 Å². The van der Waals surface area contributed by atoms with Crippen molar-refractivity contribution in [2.24, 2.45) is 11.8 Å². The zero-order valence-electron chi connectivity index (χ0n) is 28.8. The highest BCUT2D eigenvalue weighted by atomic mass is 79.9. The maximum absolute atomic E-state index is 12.4. The number of halogens is 1. The Labute approximate surface area is 300 Å². The topological polar surface area (TPSA) is 81.7 Å². The Morgan fingerprint density at radius 3 is 2.25 bits per heavy atom. The Morgan fingerprint density at radius 1 is 0.938 bits per heavy atom. The molecule has 0 amide bonds. The number of hydrogen-bond donors (Lipinski definition) is 0. The number of Topliss-reactive ketones (excluding diaryl/α,β-unsaturated/α-hetero) is 1. The smallest absolute Gasteiger partial charge is 0.158 e. The predicted octanol–water partition coefficient (Wildman–Crippen LogP) is 8.70. The fraction of sp³-hybridized carbons (Fsp3) is 0.763. The minimum absolute atomic E-state index is 0.00661. The highest BCUT2D eigenvalue weighted by Gasteiger charge is 2.45. The van der Waals surface area contributed by atoms with Crippen LogP contribution in [0, 0.1) is 11.8 Å². The number of carbonyl (C=O) groups excluding carboxylic acids is 1. The van der Waals surface area contributed by atoms with E-state index in [1.807, 2.05) is 0 Å². The molecular weight excluding hydrogens is 696 g/mol. The number of aryl methyl sites for hydroxylation is 1. The maximum Gasteiger partial charge on any atom is 0.158 e. The molecule has 10 heteroatoms. The van der Waals surface area contributed by atoms with Gasteiger partial charge in [-0.2, -0.15) is 0 Å². The number of hydrogen-bond acceptors (Lipinski definition) is 9. The summed E-state index contributed by atoms with van der Waals surface area (Å²) in [6.45, 7) is 2.39. The van der Waals surface area contributed by atoms with Crippen molar-refractivity contribution in [2.75, 3.05) is 33.5 Å². The number of ketones is 1. The molecule has 270 valence electrons. The minimum Gasteiger partial charge on any atom is -0.377 e. The summed E-state index contributed by atoms with van der Waals surface area (Å²) < 4.78 is 43.9. The van der Waals surface area contributed by atoms with Gasteiger partial charge in [-0.3, -0.25) is 4.79 Å². The zero-order chi connectivity index (χ0) is 33.4. The highest BCUT2D eigenvalue weighted by Crippen LogP contribution is 2.42. The number of rotatable bonds is 19. The summed E-state index contributed by atoms with van der Waals surface area (Å²) in [7, 11) is 1.80. The van der Waals surface area contributed by atoms with Crippen LogP contribution >= 0.6 is 27.3 Å². The average molecular weight is 754 g/mol. The second-order valence-corrected chi connectivity index (χ2v) is 16.1. The molecule has 1 aliphatic carbocycles. The molecule has 8 atom stereocenters. The third kappa shape index (κ3) is 13.0. The van der Waals surface area contributed by atoms with E-state index in [0.29, 0.717) is 6.42 Å². The third-order valence-electron chi connectivity index (χ3n) is 9.92. The van der Waals surface area contributed by atoms with Gasteiger partial charge < -0.3 is 33.2 Å². The lowest BCUT2D eigenvalue weighted by molar-refractivity contribution is -0.203. The Hall–Kier alpha value is -0.950. The number of methoxy groups -OCH3 is 1. The summed E-state index contributed by atoms with van der Waals surface area (Å²) in [4.78, 5) is 13.8. The second kappa shape index (κ2) is 21.4. The van der Waals surface area contributed by atoms with Gasteiger partial charge in [-0.25, -0.2) is 0 Å². The normalized spacial score (nSPS) is 30.8. The molecule has 3 aliphatic heterocycles. The van der Waals surface area contributed by atoms with Gasteiger partial charge in [-0.15, -0.1) is 11.3 Å². The van der Waals surface area contributed by atoms with Crippen LogP contribution < -0.4 is 0 Å². The molecule has 1 aromatic heterocycles. The summed E-state index contributed by atoms with van der Waals surface area (Å²) in [5.74, 6) is 0.528. The SMILES string of the molecule is CO[C@H](/C=C/[C@@H]1[C@@H](C/C=C\CCCC(=O)COC2CCCCO2)[C@@H](OC2CCCCO2)C[C@H]1OC1CCCCO1)CCc1ccc(Br)s1. The van der Waals surface area contributed by atoms with Gasteiger partial charge in [0.2, 0.25) is 0 Å². The van der Waals surface area contributed by atoms with Crippen LogP contribution in [0.5, 0.6) is 0 Å². The minimum atomic E-state index is -0.217. The molecule has 1 aromatic rings. The summed E-state index contributed by atoms with van der Waals surface area (Å²) in [5, 5.41) is 0. The Kier molecular flexibility index (Phi) is 17.1. The maximum atomic E-state index is 12.4. The molecule has 0 radical (unpaired) electrons. The molecule has 1 saturated carbocycles. The second-order valence-electron chi connectivity index (χ2n) is 13.6. The molecule has 4 heterocycles. The van der Waals surface area contributed by atoms with Crippen molar-refractivity contribution in [1.82, 2.24) is 0 Å². The average Bonchev–Trinajstić information content (AvgIpc) is 3.68. The van der Waals surface area contributed by atoms with Gasteiger partial charge in [0.25, 0.3) is 0 Å². The molecule has 48 heavy (non-hydrogen) atoms. The van der Waals surface area contributed by atoms with E-state index in [1.54, 1.807) is 18.4 Å². The first kappa shape index (κ1) is 38.3. The van der Waals surface area contributed by atoms with Crippen molar-refractivity contribution in [3.8, 4) is 0 Å².